The highest BCUT2D eigenvalue weighted by molar-refractivity contribution is 6.10. The van der Waals surface area contributed by atoms with E-state index in [1.54, 1.807) is 0 Å². The van der Waals surface area contributed by atoms with Crippen LogP contribution in [0.3, 0.4) is 0 Å². The maximum Gasteiger partial charge on any atom is 0.166 e. The third-order valence-electron chi connectivity index (χ3n) is 9.07. The van der Waals surface area contributed by atoms with Crippen LogP contribution >= 0.6 is 0 Å². The van der Waals surface area contributed by atoms with Crippen molar-refractivity contribution in [2.45, 2.75) is 26.2 Å². The summed E-state index contributed by atoms with van der Waals surface area (Å²) in [6.07, 6.45) is 0. The van der Waals surface area contributed by atoms with Crippen molar-refractivity contribution >= 4 is 21.8 Å². The van der Waals surface area contributed by atoms with Crippen molar-refractivity contribution in [3.05, 3.63) is 157 Å². The molecule has 2 heterocycles. The molecule has 8 aromatic rings. The topological polar surface area (TPSA) is 67.4 Å². The summed E-state index contributed by atoms with van der Waals surface area (Å²) in [5.41, 5.74) is 9.45. The van der Waals surface area contributed by atoms with E-state index in [0.29, 0.717) is 23.0 Å². The maximum atomic E-state index is 10.0. The van der Waals surface area contributed by atoms with Gasteiger partial charge in [-0.25, -0.2) is 15.0 Å². The third kappa shape index (κ3) is 5.44. The number of hydrogen-bond acceptors (Lipinski definition) is 4. The van der Waals surface area contributed by atoms with Crippen molar-refractivity contribution in [2.24, 2.45) is 0 Å². The molecule has 0 spiro atoms. The zero-order valence-electron chi connectivity index (χ0n) is 27.6. The van der Waals surface area contributed by atoms with Gasteiger partial charge in [0.2, 0.25) is 0 Å². The summed E-state index contributed by atoms with van der Waals surface area (Å²) in [7, 11) is 0. The molecule has 2 aromatic heterocycles. The summed E-state index contributed by atoms with van der Waals surface area (Å²) in [6, 6.07) is 51.8. The first-order valence-electron chi connectivity index (χ1n) is 16.4. The first-order chi connectivity index (χ1) is 23.9. The highest BCUT2D eigenvalue weighted by Crippen LogP contribution is 2.40. The quantitative estimate of drug-likeness (QED) is 0.190. The Morgan fingerprint density at radius 1 is 0.510 bits per heavy atom. The van der Waals surface area contributed by atoms with Crippen LogP contribution in [-0.2, 0) is 5.41 Å². The van der Waals surface area contributed by atoms with Crippen LogP contribution in [0.4, 0.5) is 0 Å². The molecule has 5 heteroatoms. The lowest BCUT2D eigenvalue weighted by Gasteiger charge is -2.19. The summed E-state index contributed by atoms with van der Waals surface area (Å²) < 4.78 is 2.32. The lowest BCUT2D eigenvalue weighted by atomic mass is 9.86. The second-order valence-electron chi connectivity index (χ2n) is 13.3. The summed E-state index contributed by atoms with van der Waals surface area (Å²) in [6.45, 7) is 6.75. The van der Waals surface area contributed by atoms with Crippen LogP contribution in [0.5, 0.6) is 0 Å². The Labute approximate surface area is 285 Å². The van der Waals surface area contributed by atoms with E-state index in [-0.39, 0.29) is 5.41 Å². The summed E-state index contributed by atoms with van der Waals surface area (Å²) in [4.78, 5) is 15.3. The van der Waals surface area contributed by atoms with Gasteiger partial charge in [-0.2, -0.15) is 5.26 Å². The molecule has 0 aliphatic heterocycles. The van der Waals surface area contributed by atoms with E-state index in [2.05, 4.69) is 92.1 Å². The summed E-state index contributed by atoms with van der Waals surface area (Å²) in [5, 5.41) is 12.4. The highest BCUT2D eigenvalue weighted by Gasteiger charge is 2.22. The van der Waals surface area contributed by atoms with E-state index in [4.69, 9.17) is 15.0 Å². The Morgan fingerprint density at radius 2 is 1.10 bits per heavy atom. The Hall–Kier alpha value is -6.38. The lowest BCUT2D eigenvalue weighted by Crippen LogP contribution is -2.10. The molecule has 0 saturated heterocycles. The van der Waals surface area contributed by atoms with Crippen molar-refractivity contribution in [3.63, 3.8) is 0 Å². The zero-order valence-corrected chi connectivity index (χ0v) is 27.6. The van der Waals surface area contributed by atoms with Crippen LogP contribution in [-0.4, -0.2) is 19.5 Å². The predicted molar refractivity (Wildman–Crippen MR) is 199 cm³/mol. The second kappa shape index (κ2) is 12.0. The van der Waals surface area contributed by atoms with E-state index >= 15 is 0 Å². The van der Waals surface area contributed by atoms with Gasteiger partial charge in [-0.3, -0.25) is 0 Å². The second-order valence-corrected chi connectivity index (χ2v) is 13.3. The zero-order chi connectivity index (χ0) is 33.5. The van der Waals surface area contributed by atoms with Crippen LogP contribution in [0.25, 0.3) is 72.8 Å². The van der Waals surface area contributed by atoms with Gasteiger partial charge in [-0.05, 0) is 58.5 Å². The minimum atomic E-state index is 0.00485. The van der Waals surface area contributed by atoms with Crippen molar-refractivity contribution in [1.29, 1.82) is 5.26 Å². The van der Waals surface area contributed by atoms with E-state index in [0.717, 1.165) is 44.5 Å². The first-order valence-corrected chi connectivity index (χ1v) is 16.4. The summed E-state index contributed by atoms with van der Waals surface area (Å²) in [5.74, 6) is 1.74. The van der Waals surface area contributed by atoms with Gasteiger partial charge in [0.15, 0.2) is 17.5 Å². The fraction of sp³-hybridized carbons (Fsp3) is 0.0909. The maximum absolute atomic E-state index is 10.0. The van der Waals surface area contributed by atoms with E-state index in [1.165, 1.54) is 16.3 Å². The van der Waals surface area contributed by atoms with E-state index in [1.807, 2.05) is 84.9 Å². The Balaban J connectivity index is 1.46. The molecule has 0 saturated carbocycles. The average molecular weight is 632 g/mol. The monoisotopic (exact) mass is 631 g/mol. The molecule has 0 bridgehead atoms. The highest BCUT2D eigenvalue weighted by atomic mass is 15.1. The van der Waals surface area contributed by atoms with E-state index < -0.39 is 0 Å². The van der Waals surface area contributed by atoms with Crippen LogP contribution in [0.15, 0.2) is 146 Å². The minimum Gasteiger partial charge on any atom is -0.309 e. The molecule has 0 atom stereocenters. The third-order valence-corrected chi connectivity index (χ3v) is 9.07. The molecule has 6 aromatic carbocycles. The fourth-order valence-electron chi connectivity index (χ4n) is 6.54. The molecule has 49 heavy (non-hydrogen) atoms. The minimum absolute atomic E-state index is 0.00485. The van der Waals surface area contributed by atoms with Gasteiger partial charge in [0.1, 0.15) is 0 Å². The number of para-hydroxylation sites is 1. The molecule has 0 aliphatic rings. The normalized spacial score (nSPS) is 11.6. The molecule has 0 unspecified atom stereocenters. The number of nitrogens with zero attached hydrogens (tertiary/aromatic N) is 5. The molecule has 8 rings (SSSR count). The van der Waals surface area contributed by atoms with Gasteiger partial charge < -0.3 is 4.57 Å². The fourth-order valence-corrected chi connectivity index (χ4v) is 6.54. The molecule has 0 amide bonds. The molecule has 0 fully saturated rings. The Morgan fingerprint density at radius 3 is 1.78 bits per heavy atom. The molecule has 0 N–H and O–H groups in total. The number of aromatic nitrogens is 4. The van der Waals surface area contributed by atoms with E-state index in [9.17, 15) is 5.26 Å². The van der Waals surface area contributed by atoms with Crippen LogP contribution in [0.1, 0.15) is 31.9 Å². The van der Waals surface area contributed by atoms with Gasteiger partial charge in [0, 0.05) is 27.5 Å². The molecule has 0 radical (unpaired) electrons. The predicted octanol–water partition coefficient (Wildman–Crippen LogP) is 10.8. The first kappa shape index (κ1) is 30.0. The lowest BCUT2D eigenvalue weighted by molar-refractivity contribution is 0.591. The van der Waals surface area contributed by atoms with Gasteiger partial charge in [-0.1, -0.05) is 130 Å². The number of nitriles is 1. The van der Waals surface area contributed by atoms with Gasteiger partial charge in [0.25, 0.3) is 0 Å². The number of benzene rings is 6. The average Bonchev–Trinajstić information content (AvgIpc) is 3.48. The van der Waals surface area contributed by atoms with Crippen molar-refractivity contribution in [1.82, 2.24) is 19.5 Å². The van der Waals surface area contributed by atoms with Gasteiger partial charge in [0.05, 0.1) is 28.4 Å². The largest absolute Gasteiger partial charge is 0.309 e. The summed E-state index contributed by atoms with van der Waals surface area (Å²) >= 11 is 0. The Bertz CT molecular complexity index is 2480. The van der Waals surface area contributed by atoms with Crippen molar-refractivity contribution in [2.75, 3.05) is 0 Å². The SMILES string of the molecule is CC(C)(C)c1ccc2c(c1)c1ccccc1n2-c1ccc(-c2ccccc2C#N)cc1-c1nc(-c2ccccc2)nc(-c2ccccc2)n1. The molecular formula is C44H33N5. The van der Waals surface area contributed by atoms with Crippen molar-refractivity contribution < 1.29 is 0 Å². The Kier molecular flexibility index (Phi) is 7.35. The standard InChI is InChI=1S/C44H33N5/c1-44(2,3)33-23-25-39-36(27-33)35-20-12-13-21-38(35)49(39)40-24-22-31(34-19-11-10-18-32(34)28-45)26-37(40)43-47-41(29-14-6-4-7-15-29)46-42(48-43)30-16-8-5-9-17-30/h4-27H,1-3H3. The number of hydrogen-bond donors (Lipinski definition) is 0. The number of fused-ring (bicyclic) bond motifs is 3. The molecule has 234 valence electrons. The van der Waals surface area contributed by atoms with Crippen molar-refractivity contribution in [3.8, 4) is 57.0 Å². The van der Waals surface area contributed by atoms with Gasteiger partial charge in [-0.15, -0.1) is 0 Å². The molecule has 0 aliphatic carbocycles. The van der Waals surface area contributed by atoms with Gasteiger partial charge >= 0.3 is 0 Å². The van der Waals surface area contributed by atoms with Crippen LogP contribution < -0.4 is 0 Å². The number of rotatable bonds is 5. The van der Waals surface area contributed by atoms with Crippen LogP contribution in [0.2, 0.25) is 0 Å². The molecular weight excluding hydrogens is 599 g/mol. The smallest absolute Gasteiger partial charge is 0.166 e. The molecule has 5 nitrogen and oxygen atoms in total. The van der Waals surface area contributed by atoms with Crippen LogP contribution in [0, 0.1) is 11.3 Å².